The van der Waals surface area contributed by atoms with Gasteiger partial charge in [0.1, 0.15) is 11.5 Å². The first kappa shape index (κ1) is 32.6. The van der Waals surface area contributed by atoms with E-state index in [1.54, 1.807) is 14.2 Å². The number of anilines is 3. The standard InChI is InChI=1S/C36H34N2O5S.Na/c1-25(44(39,40)41)22-23-37-35-7-5-4-6-33(35)34-24-27(10-21-36(34)37)26-8-11-28(12-9-26)38(29-13-17-31(42-2)18-14-29)30-15-19-32(43-3)20-16-30;/h4-21,24-25H,22-23H2,1-3H3,(H,39,40,41);/q;+1/p-1. The molecule has 6 rings (SSSR count). The molecular formula is C36H33N2NaO5S. The van der Waals surface area contributed by atoms with E-state index < -0.39 is 15.4 Å². The summed E-state index contributed by atoms with van der Waals surface area (Å²) in [6.45, 7) is 1.91. The van der Waals surface area contributed by atoms with Crippen molar-refractivity contribution in [2.24, 2.45) is 0 Å². The molecule has 0 aliphatic heterocycles. The van der Waals surface area contributed by atoms with Crippen LogP contribution in [0.25, 0.3) is 32.9 Å². The van der Waals surface area contributed by atoms with Gasteiger partial charge in [-0.25, -0.2) is 8.42 Å². The van der Waals surface area contributed by atoms with Gasteiger partial charge in [0.15, 0.2) is 0 Å². The molecule has 0 saturated heterocycles. The van der Waals surface area contributed by atoms with E-state index in [0.29, 0.717) is 6.54 Å². The fraction of sp³-hybridized carbons (Fsp3) is 0.167. The molecule has 6 aromatic rings. The molecule has 0 bridgehead atoms. The van der Waals surface area contributed by atoms with Crippen LogP contribution in [0.5, 0.6) is 11.5 Å². The van der Waals surface area contributed by atoms with Crippen LogP contribution < -0.4 is 43.9 Å². The number of fused-ring (bicyclic) bond motifs is 3. The Labute approximate surface area is 286 Å². The van der Waals surface area contributed by atoms with E-state index in [4.69, 9.17) is 9.47 Å². The molecule has 0 radical (unpaired) electrons. The predicted octanol–water partition coefficient (Wildman–Crippen LogP) is 5.28. The number of ether oxygens (including phenoxy) is 2. The second-order valence-corrected chi connectivity index (χ2v) is 12.6. The van der Waals surface area contributed by atoms with E-state index in [9.17, 15) is 13.0 Å². The quantitative estimate of drug-likeness (QED) is 0.152. The van der Waals surface area contributed by atoms with Crippen LogP contribution in [-0.2, 0) is 16.7 Å². The van der Waals surface area contributed by atoms with Crippen molar-refractivity contribution in [2.75, 3.05) is 19.1 Å². The van der Waals surface area contributed by atoms with E-state index >= 15 is 0 Å². The van der Waals surface area contributed by atoms with E-state index in [1.165, 1.54) is 6.92 Å². The average Bonchev–Trinajstić information content (AvgIpc) is 3.37. The van der Waals surface area contributed by atoms with Crippen LogP contribution in [0.2, 0.25) is 0 Å². The van der Waals surface area contributed by atoms with Crippen LogP contribution >= 0.6 is 0 Å². The first-order chi connectivity index (χ1) is 21.3. The SMILES string of the molecule is COc1ccc(N(c2ccc(OC)cc2)c2ccc(-c3ccc4c(c3)c3ccccc3n4CCC(C)S(=O)(=O)[O-])cc2)cc1.[Na+]. The molecule has 0 amide bonds. The molecule has 0 aliphatic rings. The van der Waals surface area contributed by atoms with Gasteiger partial charge in [-0.05, 0) is 103 Å². The minimum absolute atomic E-state index is 0. The summed E-state index contributed by atoms with van der Waals surface area (Å²) >= 11 is 0. The topological polar surface area (TPSA) is 83.8 Å². The third-order valence-corrected chi connectivity index (χ3v) is 9.37. The van der Waals surface area contributed by atoms with Crippen molar-refractivity contribution < 1.29 is 52.0 Å². The van der Waals surface area contributed by atoms with Crippen molar-refractivity contribution >= 4 is 49.0 Å². The van der Waals surface area contributed by atoms with Crippen LogP contribution in [0.1, 0.15) is 13.3 Å². The third kappa shape index (κ3) is 6.76. The van der Waals surface area contributed by atoms with Crippen molar-refractivity contribution in [3.05, 3.63) is 115 Å². The molecular weight excluding hydrogens is 595 g/mol. The van der Waals surface area contributed by atoms with Gasteiger partial charge in [0.05, 0.1) is 24.3 Å². The normalized spacial score (nSPS) is 12.1. The smallest absolute Gasteiger partial charge is 0.748 e. The molecule has 9 heteroatoms. The molecule has 7 nitrogen and oxygen atoms in total. The van der Waals surface area contributed by atoms with Gasteiger partial charge < -0.3 is 23.5 Å². The second-order valence-electron chi connectivity index (χ2n) is 10.8. The molecule has 5 aromatic carbocycles. The molecule has 0 aliphatic carbocycles. The molecule has 0 fully saturated rings. The molecule has 0 saturated carbocycles. The van der Waals surface area contributed by atoms with Gasteiger partial charge in [0, 0.05) is 50.7 Å². The Kier molecular flexibility index (Phi) is 9.91. The molecule has 1 heterocycles. The monoisotopic (exact) mass is 628 g/mol. The van der Waals surface area contributed by atoms with E-state index in [2.05, 4.69) is 58.0 Å². The zero-order chi connectivity index (χ0) is 30.8. The summed E-state index contributed by atoms with van der Waals surface area (Å²) in [6.07, 6.45) is 0.252. The maximum Gasteiger partial charge on any atom is 1.00 e. The number of para-hydroxylation sites is 1. The summed E-state index contributed by atoms with van der Waals surface area (Å²) in [5.41, 5.74) is 7.16. The number of benzene rings is 5. The van der Waals surface area contributed by atoms with Gasteiger partial charge in [-0.15, -0.1) is 0 Å². The van der Waals surface area contributed by atoms with Crippen molar-refractivity contribution in [3.63, 3.8) is 0 Å². The Morgan fingerprint density at radius 2 is 1.18 bits per heavy atom. The number of aromatic nitrogens is 1. The van der Waals surface area contributed by atoms with Crippen LogP contribution in [0.15, 0.2) is 115 Å². The van der Waals surface area contributed by atoms with Gasteiger partial charge in [-0.2, -0.15) is 0 Å². The Morgan fingerprint density at radius 3 is 1.71 bits per heavy atom. The Bertz CT molecular complexity index is 1980. The van der Waals surface area contributed by atoms with Crippen LogP contribution in [0, 0.1) is 0 Å². The number of hydrogen-bond donors (Lipinski definition) is 0. The van der Waals surface area contributed by atoms with Crippen molar-refractivity contribution in [1.29, 1.82) is 0 Å². The van der Waals surface area contributed by atoms with E-state index in [-0.39, 0.29) is 36.0 Å². The first-order valence-corrected chi connectivity index (χ1v) is 15.9. The molecule has 45 heavy (non-hydrogen) atoms. The Hall–Kier alpha value is -3.79. The maximum atomic E-state index is 11.5. The Balaban J connectivity index is 0.00000400. The number of rotatable bonds is 10. The van der Waals surface area contributed by atoms with Crippen LogP contribution in [-0.4, -0.2) is 37.0 Å². The van der Waals surface area contributed by atoms with Gasteiger partial charge >= 0.3 is 29.6 Å². The van der Waals surface area contributed by atoms with E-state index in [0.717, 1.165) is 61.5 Å². The molecule has 1 atom stereocenters. The summed E-state index contributed by atoms with van der Waals surface area (Å²) in [5.74, 6) is 1.58. The third-order valence-electron chi connectivity index (χ3n) is 8.14. The fourth-order valence-corrected chi connectivity index (χ4v) is 6.04. The largest absolute Gasteiger partial charge is 1.00 e. The van der Waals surface area contributed by atoms with Crippen molar-refractivity contribution in [3.8, 4) is 22.6 Å². The van der Waals surface area contributed by atoms with Gasteiger partial charge in [-0.3, -0.25) is 0 Å². The molecule has 1 aromatic heterocycles. The van der Waals surface area contributed by atoms with Gasteiger partial charge in [0.2, 0.25) is 0 Å². The average molecular weight is 629 g/mol. The second kappa shape index (κ2) is 13.7. The van der Waals surface area contributed by atoms with Gasteiger partial charge in [-0.1, -0.05) is 36.4 Å². The number of methoxy groups -OCH3 is 2. The first-order valence-electron chi connectivity index (χ1n) is 14.4. The fourth-order valence-electron chi connectivity index (χ4n) is 5.64. The summed E-state index contributed by atoms with van der Waals surface area (Å²) in [7, 11) is -1.02. The molecule has 224 valence electrons. The summed E-state index contributed by atoms with van der Waals surface area (Å²) in [6, 6.07) is 38.9. The zero-order valence-electron chi connectivity index (χ0n) is 25.8. The summed E-state index contributed by atoms with van der Waals surface area (Å²) in [5, 5.41) is 1.22. The maximum absolute atomic E-state index is 11.5. The predicted molar refractivity (Wildman–Crippen MR) is 176 cm³/mol. The van der Waals surface area contributed by atoms with Crippen LogP contribution in [0.4, 0.5) is 17.1 Å². The summed E-state index contributed by atoms with van der Waals surface area (Å²) < 4.78 is 47.4. The zero-order valence-corrected chi connectivity index (χ0v) is 28.6. The number of hydrogen-bond acceptors (Lipinski definition) is 6. The summed E-state index contributed by atoms with van der Waals surface area (Å²) in [4.78, 5) is 2.18. The minimum atomic E-state index is -4.34. The van der Waals surface area contributed by atoms with Crippen molar-refractivity contribution in [2.45, 2.75) is 25.1 Å². The van der Waals surface area contributed by atoms with Gasteiger partial charge in [0.25, 0.3) is 0 Å². The Morgan fingerprint density at radius 1 is 0.689 bits per heavy atom. The van der Waals surface area contributed by atoms with E-state index in [1.807, 2.05) is 66.7 Å². The number of nitrogens with zero attached hydrogens (tertiary/aromatic N) is 2. The molecule has 1 unspecified atom stereocenters. The minimum Gasteiger partial charge on any atom is -0.748 e. The number of aryl methyl sites for hydroxylation is 1. The molecule has 0 N–H and O–H groups in total. The van der Waals surface area contributed by atoms with Crippen molar-refractivity contribution in [1.82, 2.24) is 4.57 Å². The molecule has 0 spiro atoms. The van der Waals surface area contributed by atoms with Crippen LogP contribution in [0.3, 0.4) is 0 Å².